The van der Waals surface area contributed by atoms with Crippen molar-refractivity contribution in [3.63, 3.8) is 0 Å². The molecule has 0 aliphatic carbocycles. The zero-order valence-corrected chi connectivity index (χ0v) is 10.4. The Hall–Kier alpha value is -0.830. The minimum atomic E-state index is -0.249. The van der Waals surface area contributed by atoms with Gasteiger partial charge in [-0.25, -0.2) is 4.98 Å². The Balaban J connectivity index is 2.39. The van der Waals surface area contributed by atoms with Crippen molar-refractivity contribution in [1.82, 2.24) is 9.97 Å². The highest BCUT2D eigenvalue weighted by molar-refractivity contribution is 4.97. The number of H-pyrrole nitrogens is 1. The van der Waals surface area contributed by atoms with Gasteiger partial charge in [0.15, 0.2) is 0 Å². The normalized spacial score (nSPS) is 14.9. The van der Waals surface area contributed by atoms with Gasteiger partial charge in [-0.15, -0.1) is 0 Å². The lowest BCUT2D eigenvalue weighted by Gasteiger charge is -2.16. The third kappa shape index (κ3) is 4.79. The summed E-state index contributed by atoms with van der Waals surface area (Å²) in [5.41, 5.74) is 0. The maximum absolute atomic E-state index is 9.48. The van der Waals surface area contributed by atoms with Gasteiger partial charge in [0, 0.05) is 18.3 Å². The smallest absolute Gasteiger partial charge is 0.109 e. The van der Waals surface area contributed by atoms with E-state index in [9.17, 15) is 5.11 Å². The van der Waals surface area contributed by atoms with Crippen molar-refractivity contribution < 1.29 is 5.11 Å². The van der Waals surface area contributed by atoms with Crippen LogP contribution < -0.4 is 0 Å². The molecule has 3 nitrogen and oxygen atoms in total. The average Bonchev–Trinajstić information content (AvgIpc) is 2.75. The van der Waals surface area contributed by atoms with Crippen LogP contribution in [0.25, 0.3) is 0 Å². The number of aliphatic hydroxyl groups is 1. The van der Waals surface area contributed by atoms with Gasteiger partial charge in [-0.05, 0) is 19.8 Å². The third-order valence-corrected chi connectivity index (χ3v) is 2.94. The molecule has 2 unspecified atom stereocenters. The van der Waals surface area contributed by atoms with Gasteiger partial charge in [0.25, 0.3) is 0 Å². The summed E-state index contributed by atoms with van der Waals surface area (Å²) in [7, 11) is 0. The van der Waals surface area contributed by atoms with Crippen LogP contribution in [0, 0.1) is 0 Å². The van der Waals surface area contributed by atoms with Gasteiger partial charge < -0.3 is 10.1 Å². The number of nitrogens with zero attached hydrogens (tertiary/aromatic N) is 1. The Morgan fingerprint density at radius 3 is 2.75 bits per heavy atom. The van der Waals surface area contributed by atoms with Crippen LogP contribution in [0.15, 0.2) is 12.4 Å². The van der Waals surface area contributed by atoms with Crippen LogP contribution in [0.2, 0.25) is 0 Å². The van der Waals surface area contributed by atoms with Gasteiger partial charge in [-0.2, -0.15) is 0 Å². The van der Waals surface area contributed by atoms with Crippen molar-refractivity contribution in [2.24, 2.45) is 0 Å². The SMILES string of the molecule is CCCCCCC(CC(C)O)c1ncc[nH]1. The van der Waals surface area contributed by atoms with Crippen LogP contribution in [0.4, 0.5) is 0 Å². The van der Waals surface area contributed by atoms with E-state index in [-0.39, 0.29) is 6.10 Å². The number of unbranched alkanes of at least 4 members (excludes halogenated alkanes) is 3. The fourth-order valence-corrected chi connectivity index (χ4v) is 2.10. The molecule has 1 rings (SSSR count). The second-order valence-electron chi connectivity index (χ2n) is 4.61. The number of rotatable bonds is 8. The van der Waals surface area contributed by atoms with Crippen molar-refractivity contribution in [3.8, 4) is 0 Å². The predicted octanol–water partition coefficient (Wildman–Crippen LogP) is 3.23. The van der Waals surface area contributed by atoms with Gasteiger partial charge >= 0.3 is 0 Å². The Labute approximate surface area is 98.3 Å². The number of hydrogen-bond donors (Lipinski definition) is 2. The van der Waals surface area contributed by atoms with Crippen molar-refractivity contribution in [1.29, 1.82) is 0 Å². The second-order valence-corrected chi connectivity index (χ2v) is 4.61. The van der Waals surface area contributed by atoms with Gasteiger partial charge in [-0.3, -0.25) is 0 Å². The van der Waals surface area contributed by atoms with E-state index < -0.39 is 0 Å². The fourth-order valence-electron chi connectivity index (χ4n) is 2.10. The molecular formula is C13H24N2O. The summed E-state index contributed by atoms with van der Waals surface area (Å²) in [5, 5.41) is 9.48. The molecule has 0 fully saturated rings. The van der Waals surface area contributed by atoms with Crippen LogP contribution in [0.3, 0.4) is 0 Å². The summed E-state index contributed by atoms with van der Waals surface area (Å²) in [6.45, 7) is 4.07. The molecule has 0 saturated heterocycles. The van der Waals surface area contributed by atoms with Crippen molar-refractivity contribution >= 4 is 0 Å². The van der Waals surface area contributed by atoms with E-state index in [1.807, 2.05) is 13.1 Å². The van der Waals surface area contributed by atoms with Crippen LogP contribution in [0.5, 0.6) is 0 Å². The minimum Gasteiger partial charge on any atom is -0.393 e. The molecule has 3 heteroatoms. The largest absolute Gasteiger partial charge is 0.393 e. The lowest BCUT2D eigenvalue weighted by molar-refractivity contribution is 0.170. The van der Waals surface area contributed by atoms with Crippen LogP contribution in [-0.2, 0) is 0 Å². The molecule has 2 atom stereocenters. The third-order valence-electron chi connectivity index (χ3n) is 2.94. The molecule has 0 bridgehead atoms. The molecule has 0 radical (unpaired) electrons. The van der Waals surface area contributed by atoms with E-state index in [2.05, 4.69) is 16.9 Å². The van der Waals surface area contributed by atoms with Crippen molar-refractivity contribution in [2.75, 3.05) is 0 Å². The first-order valence-corrected chi connectivity index (χ1v) is 6.41. The Morgan fingerprint density at radius 2 is 2.19 bits per heavy atom. The molecule has 0 aliphatic heterocycles. The number of aromatic amines is 1. The Kier molecular flexibility index (Phi) is 6.16. The highest BCUT2D eigenvalue weighted by Crippen LogP contribution is 2.24. The maximum atomic E-state index is 9.48. The van der Waals surface area contributed by atoms with E-state index in [1.165, 1.54) is 25.7 Å². The van der Waals surface area contributed by atoms with E-state index in [1.54, 1.807) is 6.20 Å². The molecule has 0 amide bonds. The van der Waals surface area contributed by atoms with Crippen LogP contribution in [0.1, 0.15) is 64.1 Å². The molecule has 0 aliphatic rings. The van der Waals surface area contributed by atoms with Crippen molar-refractivity contribution in [2.45, 2.75) is 64.4 Å². The van der Waals surface area contributed by atoms with Gasteiger partial charge in [-0.1, -0.05) is 32.6 Å². The zero-order chi connectivity index (χ0) is 11.8. The monoisotopic (exact) mass is 224 g/mol. The number of imidazole rings is 1. The molecule has 92 valence electrons. The Bertz CT molecular complexity index is 257. The first kappa shape index (κ1) is 13.2. The van der Waals surface area contributed by atoms with Gasteiger partial charge in [0.1, 0.15) is 5.82 Å². The number of aliphatic hydroxyl groups excluding tert-OH is 1. The standard InChI is InChI=1S/C13H24N2O/c1-3-4-5-6-7-12(10-11(2)16)13-14-8-9-15-13/h8-9,11-12,16H,3-7,10H2,1-2H3,(H,14,15). The molecule has 0 saturated carbocycles. The summed E-state index contributed by atoms with van der Waals surface area (Å²) >= 11 is 0. The minimum absolute atomic E-state index is 0.249. The van der Waals surface area contributed by atoms with Crippen molar-refractivity contribution in [3.05, 3.63) is 18.2 Å². The van der Waals surface area contributed by atoms with E-state index in [0.29, 0.717) is 5.92 Å². The lowest BCUT2D eigenvalue weighted by atomic mass is 9.94. The topological polar surface area (TPSA) is 48.9 Å². The molecule has 1 aromatic heterocycles. The zero-order valence-electron chi connectivity index (χ0n) is 10.4. The fraction of sp³-hybridized carbons (Fsp3) is 0.769. The Morgan fingerprint density at radius 1 is 1.38 bits per heavy atom. The summed E-state index contributed by atoms with van der Waals surface area (Å²) < 4.78 is 0. The first-order valence-electron chi connectivity index (χ1n) is 6.41. The van der Waals surface area contributed by atoms with Gasteiger partial charge in [0.2, 0.25) is 0 Å². The number of nitrogens with one attached hydrogen (secondary N) is 1. The van der Waals surface area contributed by atoms with Crippen LogP contribution in [-0.4, -0.2) is 21.2 Å². The lowest BCUT2D eigenvalue weighted by Crippen LogP contribution is -2.10. The highest BCUT2D eigenvalue weighted by atomic mass is 16.3. The van der Waals surface area contributed by atoms with E-state index >= 15 is 0 Å². The molecule has 0 aromatic carbocycles. The second kappa shape index (κ2) is 7.44. The molecular weight excluding hydrogens is 200 g/mol. The summed E-state index contributed by atoms with van der Waals surface area (Å²) in [4.78, 5) is 7.46. The number of aromatic nitrogens is 2. The number of hydrogen-bond acceptors (Lipinski definition) is 2. The molecule has 1 aromatic rings. The van der Waals surface area contributed by atoms with Gasteiger partial charge in [0.05, 0.1) is 6.10 Å². The maximum Gasteiger partial charge on any atom is 0.109 e. The molecule has 0 spiro atoms. The van der Waals surface area contributed by atoms with E-state index in [0.717, 1.165) is 18.7 Å². The molecule has 2 N–H and O–H groups in total. The first-order chi connectivity index (χ1) is 7.74. The summed E-state index contributed by atoms with van der Waals surface area (Å²) in [6.07, 6.45) is 10.4. The predicted molar refractivity (Wildman–Crippen MR) is 66.4 cm³/mol. The molecule has 16 heavy (non-hydrogen) atoms. The summed E-state index contributed by atoms with van der Waals surface area (Å²) in [6, 6.07) is 0. The summed E-state index contributed by atoms with van der Waals surface area (Å²) in [5.74, 6) is 1.41. The molecule has 1 heterocycles. The quantitative estimate of drug-likeness (QED) is 0.666. The average molecular weight is 224 g/mol. The highest BCUT2D eigenvalue weighted by Gasteiger charge is 2.15. The van der Waals surface area contributed by atoms with Crippen LogP contribution >= 0.6 is 0 Å². The van der Waals surface area contributed by atoms with E-state index in [4.69, 9.17) is 0 Å².